The lowest BCUT2D eigenvalue weighted by Gasteiger charge is -2.11. The van der Waals surface area contributed by atoms with Crippen molar-refractivity contribution in [3.8, 4) is 0 Å². The summed E-state index contributed by atoms with van der Waals surface area (Å²) in [6.45, 7) is 1.99. The maximum atomic E-state index is 6.16. The van der Waals surface area contributed by atoms with Crippen LogP contribution in [0.25, 0.3) is 0 Å². The molecule has 0 radical (unpaired) electrons. The third-order valence-electron chi connectivity index (χ3n) is 2.35. The van der Waals surface area contributed by atoms with E-state index in [1.165, 1.54) is 0 Å². The highest BCUT2D eigenvalue weighted by molar-refractivity contribution is 9.10. The molecule has 0 spiro atoms. The molecule has 2 heterocycles. The van der Waals surface area contributed by atoms with Crippen molar-refractivity contribution in [2.24, 2.45) is 12.8 Å². The molecule has 0 bridgehead atoms. The van der Waals surface area contributed by atoms with E-state index in [1.807, 2.05) is 19.4 Å². The van der Waals surface area contributed by atoms with E-state index in [2.05, 4.69) is 26.0 Å². The van der Waals surface area contributed by atoms with Gasteiger partial charge in [0.15, 0.2) is 0 Å². The third-order valence-corrected chi connectivity index (χ3v) is 3.95. The fraction of sp³-hybridized carbons (Fsp3) is 0.400. The van der Waals surface area contributed by atoms with E-state index >= 15 is 0 Å². The Morgan fingerprint density at radius 3 is 2.88 bits per heavy atom. The molecule has 6 heteroatoms. The highest BCUT2D eigenvalue weighted by Crippen LogP contribution is 2.24. The summed E-state index contributed by atoms with van der Waals surface area (Å²) in [5, 5.41) is 7.27. The molecule has 0 aliphatic heterocycles. The number of hydrogen-bond donors (Lipinski definition) is 1. The predicted octanol–water partition coefficient (Wildman–Crippen LogP) is 2.19. The average molecular weight is 301 g/mol. The number of hydrogen-bond acceptors (Lipinski definition) is 4. The lowest BCUT2D eigenvalue weighted by molar-refractivity contribution is 0.613. The number of aromatic nitrogens is 3. The van der Waals surface area contributed by atoms with Crippen LogP contribution in [0.2, 0.25) is 0 Å². The van der Waals surface area contributed by atoms with Gasteiger partial charge in [-0.25, -0.2) is 4.98 Å². The lowest BCUT2D eigenvalue weighted by atomic mass is 10.1. The maximum absolute atomic E-state index is 6.16. The van der Waals surface area contributed by atoms with E-state index in [0.717, 1.165) is 27.3 Å². The first-order valence-electron chi connectivity index (χ1n) is 4.92. The monoisotopic (exact) mass is 300 g/mol. The molecule has 2 rings (SSSR count). The largest absolute Gasteiger partial charge is 0.322 e. The van der Waals surface area contributed by atoms with Crippen molar-refractivity contribution in [3.05, 3.63) is 32.4 Å². The van der Waals surface area contributed by atoms with Gasteiger partial charge in [-0.1, -0.05) is 0 Å². The van der Waals surface area contributed by atoms with E-state index in [0.29, 0.717) is 0 Å². The summed E-state index contributed by atoms with van der Waals surface area (Å²) in [6, 6.07) is -0.0765. The topological polar surface area (TPSA) is 56.7 Å². The highest BCUT2D eigenvalue weighted by atomic mass is 79.9. The summed E-state index contributed by atoms with van der Waals surface area (Å²) in [5.74, 6) is 0. The van der Waals surface area contributed by atoms with Crippen LogP contribution in [0, 0.1) is 6.92 Å². The molecule has 0 saturated heterocycles. The van der Waals surface area contributed by atoms with Gasteiger partial charge in [0.05, 0.1) is 27.4 Å². The van der Waals surface area contributed by atoms with Gasteiger partial charge >= 0.3 is 0 Å². The second-order valence-corrected chi connectivity index (χ2v) is 5.49. The van der Waals surface area contributed by atoms with Crippen LogP contribution in [0.15, 0.2) is 16.0 Å². The second-order valence-electron chi connectivity index (χ2n) is 3.69. The number of halogens is 1. The quantitative estimate of drug-likeness (QED) is 0.945. The number of nitrogens with zero attached hydrogens (tertiary/aromatic N) is 3. The molecule has 16 heavy (non-hydrogen) atoms. The van der Waals surface area contributed by atoms with E-state index < -0.39 is 0 Å². The van der Waals surface area contributed by atoms with Crippen molar-refractivity contribution < 1.29 is 0 Å². The van der Waals surface area contributed by atoms with Crippen LogP contribution in [0.5, 0.6) is 0 Å². The molecule has 1 atom stereocenters. The summed E-state index contributed by atoms with van der Waals surface area (Å²) >= 11 is 5.11. The fourth-order valence-electron chi connectivity index (χ4n) is 1.62. The van der Waals surface area contributed by atoms with Crippen molar-refractivity contribution in [2.45, 2.75) is 19.4 Å². The molecule has 2 N–H and O–H groups in total. The van der Waals surface area contributed by atoms with Crippen LogP contribution in [0.1, 0.15) is 22.4 Å². The normalized spacial score (nSPS) is 13.0. The first-order chi connectivity index (χ1) is 7.58. The van der Waals surface area contributed by atoms with Gasteiger partial charge in [-0.3, -0.25) is 4.68 Å². The Morgan fingerprint density at radius 1 is 1.62 bits per heavy atom. The Hall–Kier alpha value is -0.720. The van der Waals surface area contributed by atoms with Crippen LogP contribution in [-0.2, 0) is 13.5 Å². The van der Waals surface area contributed by atoms with Gasteiger partial charge in [0.1, 0.15) is 0 Å². The van der Waals surface area contributed by atoms with Crippen LogP contribution in [-0.4, -0.2) is 14.8 Å². The zero-order chi connectivity index (χ0) is 11.7. The van der Waals surface area contributed by atoms with Gasteiger partial charge in [0.25, 0.3) is 0 Å². The fourth-order valence-corrected chi connectivity index (χ4v) is 3.09. The molecule has 0 aliphatic carbocycles. The van der Waals surface area contributed by atoms with Crippen LogP contribution in [0.3, 0.4) is 0 Å². The van der Waals surface area contributed by atoms with E-state index in [-0.39, 0.29) is 6.04 Å². The van der Waals surface area contributed by atoms with E-state index in [4.69, 9.17) is 5.73 Å². The van der Waals surface area contributed by atoms with Crippen molar-refractivity contribution in [1.29, 1.82) is 0 Å². The number of aryl methyl sites for hydroxylation is 2. The summed E-state index contributed by atoms with van der Waals surface area (Å²) in [6.07, 6.45) is 2.51. The lowest BCUT2D eigenvalue weighted by Crippen LogP contribution is -2.17. The standard InChI is InChI=1S/C10H13BrN4S/c1-6-5-16-9(14-6)3-8(12)10-7(11)4-13-15(10)2/h4-5,8H,3,12H2,1-2H3. The van der Waals surface area contributed by atoms with Gasteiger partial charge < -0.3 is 5.73 Å². The minimum atomic E-state index is -0.0765. The summed E-state index contributed by atoms with van der Waals surface area (Å²) in [5.41, 5.74) is 8.22. The first-order valence-corrected chi connectivity index (χ1v) is 6.59. The van der Waals surface area contributed by atoms with Gasteiger partial charge in [0.2, 0.25) is 0 Å². The van der Waals surface area contributed by atoms with Gasteiger partial charge in [-0.15, -0.1) is 11.3 Å². The zero-order valence-electron chi connectivity index (χ0n) is 9.14. The Morgan fingerprint density at radius 2 is 2.38 bits per heavy atom. The van der Waals surface area contributed by atoms with Crippen molar-refractivity contribution in [3.63, 3.8) is 0 Å². The predicted molar refractivity (Wildman–Crippen MR) is 68.4 cm³/mol. The molecule has 2 aromatic heterocycles. The molecule has 4 nitrogen and oxygen atoms in total. The Balaban J connectivity index is 2.17. The average Bonchev–Trinajstić information content (AvgIpc) is 2.74. The summed E-state index contributed by atoms with van der Waals surface area (Å²) < 4.78 is 2.76. The molecule has 0 amide bonds. The SMILES string of the molecule is Cc1csc(CC(N)c2c(Br)cnn2C)n1. The first kappa shape index (κ1) is 11.8. The molecule has 2 aromatic rings. The Bertz CT molecular complexity index is 471. The van der Waals surface area contributed by atoms with Crippen LogP contribution >= 0.6 is 27.3 Å². The molecule has 86 valence electrons. The van der Waals surface area contributed by atoms with Crippen molar-refractivity contribution >= 4 is 27.3 Å². The Labute approximate surface area is 107 Å². The van der Waals surface area contributed by atoms with Crippen molar-refractivity contribution in [1.82, 2.24) is 14.8 Å². The molecule has 1 unspecified atom stereocenters. The number of thiazole rings is 1. The summed E-state index contributed by atoms with van der Waals surface area (Å²) in [7, 11) is 1.90. The number of rotatable bonds is 3. The molecule has 0 aromatic carbocycles. The Kier molecular flexibility index (Phi) is 3.41. The number of nitrogens with two attached hydrogens (primary N) is 1. The highest BCUT2D eigenvalue weighted by Gasteiger charge is 2.16. The molecular formula is C10H13BrN4S. The molecular weight excluding hydrogens is 288 g/mol. The molecule has 0 aliphatic rings. The summed E-state index contributed by atoms with van der Waals surface area (Å²) in [4.78, 5) is 4.41. The smallest absolute Gasteiger partial charge is 0.0947 e. The van der Waals surface area contributed by atoms with E-state index in [1.54, 1.807) is 22.2 Å². The van der Waals surface area contributed by atoms with Gasteiger partial charge in [0, 0.05) is 24.5 Å². The van der Waals surface area contributed by atoms with Crippen molar-refractivity contribution in [2.75, 3.05) is 0 Å². The minimum absolute atomic E-state index is 0.0765. The molecule has 0 saturated carbocycles. The molecule has 0 fully saturated rings. The van der Waals surface area contributed by atoms with Crippen LogP contribution in [0.4, 0.5) is 0 Å². The maximum Gasteiger partial charge on any atom is 0.0947 e. The van der Waals surface area contributed by atoms with Gasteiger partial charge in [-0.2, -0.15) is 5.10 Å². The van der Waals surface area contributed by atoms with E-state index in [9.17, 15) is 0 Å². The third kappa shape index (κ3) is 2.34. The second kappa shape index (κ2) is 4.65. The van der Waals surface area contributed by atoms with Crippen LogP contribution < -0.4 is 5.73 Å². The minimum Gasteiger partial charge on any atom is -0.322 e. The van der Waals surface area contributed by atoms with Gasteiger partial charge in [-0.05, 0) is 22.9 Å². The zero-order valence-corrected chi connectivity index (χ0v) is 11.5.